The number of hydrogen-bond donors (Lipinski definition) is 0. The highest BCUT2D eigenvalue weighted by Gasteiger charge is 2.37. The van der Waals surface area contributed by atoms with Gasteiger partial charge in [0.25, 0.3) is 0 Å². The molecule has 2 heterocycles. The number of fused-ring (bicyclic) bond motifs is 1. The van der Waals surface area contributed by atoms with Crippen molar-refractivity contribution in [3.63, 3.8) is 0 Å². The van der Waals surface area contributed by atoms with Crippen molar-refractivity contribution in [2.24, 2.45) is 5.92 Å². The Hall–Kier alpha value is -2.90. The molecule has 3 amide bonds. The second kappa shape index (κ2) is 12.6. The first kappa shape index (κ1) is 27.1. The molecule has 2 aromatic carbocycles. The number of nitrogens with zero attached hydrogens (tertiary/aromatic N) is 4. The number of likely N-dealkylation sites (tertiary alicyclic amines) is 1. The Labute approximate surface area is 225 Å². The van der Waals surface area contributed by atoms with Crippen LogP contribution in [-0.2, 0) is 27.5 Å². The molecule has 0 aliphatic carbocycles. The van der Waals surface area contributed by atoms with Crippen LogP contribution in [0.15, 0.2) is 48.5 Å². The van der Waals surface area contributed by atoms with Crippen LogP contribution in [0.25, 0.3) is 0 Å². The third-order valence-electron chi connectivity index (χ3n) is 7.24. The fraction of sp³-hybridized carbons (Fsp3) is 0.483. The molecule has 2 aromatic rings. The Morgan fingerprint density at radius 3 is 2.41 bits per heavy atom. The number of anilines is 1. The van der Waals surface area contributed by atoms with Crippen LogP contribution in [0, 0.1) is 5.92 Å². The largest absolute Gasteiger partial charge is 0.341 e. The highest BCUT2D eigenvalue weighted by atomic mass is 35.5. The molecule has 2 aliphatic heterocycles. The topological polar surface area (TPSA) is 64.2 Å². The van der Waals surface area contributed by atoms with E-state index < -0.39 is 0 Å². The maximum absolute atomic E-state index is 13.6. The van der Waals surface area contributed by atoms with Gasteiger partial charge in [0.2, 0.25) is 17.7 Å². The molecule has 0 saturated carbocycles. The molecule has 0 unspecified atom stereocenters. The smallest absolute Gasteiger partial charge is 0.229 e. The van der Waals surface area contributed by atoms with Gasteiger partial charge in [0.05, 0.1) is 11.6 Å². The first-order chi connectivity index (χ1) is 17.9. The van der Waals surface area contributed by atoms with Crippen LogP contribution in [-0.4, -0.2) is 71.7 Å². The molecule has 0 spiro atoms. The van der Waals surface area contributed by atoms with E-state index in [1.807, 2.05) is 53.1 Å². The zero-order valence-corrected chi connectivity index (χ0v) is 22.6. The third-order valence-corrected chi connectivity index (χ3v) is 7.48. The van der Waals surface area contributed by atoms with Gasteiger partial charge in [0.1, 0.15) is 0 Å². The SMILES string of the molecule is CCCC(=O)N1CCCN(Cc2ccccc2)CCN(C(=O)C2CN(C(C)=O)C2)Cc2ccc(Cl)cc21. The monoisotopic (exact) mass is 524 g/mol. The second-order valence-electron chi connectivity index (χ2n) is 10.1. The summed E-state index contributed by atoms with van der Waals surface area (Å²) in [5, 5.41) is 0.572. The Balaban J connectivity index is 1.63. The first-order valence-electron chi connectivity index (χ1n) is 13.2. The number of hydrogen-bond acceptors (Lipinski definition) is 4. The number of carbonyl (C=O) groups excluding carboxylic acids is 3. The molecule has 8 heteroatoms. The van der Waals surface area contributed by atoms with E-state index in [1.54, 1.807) is 4.90 Å². The zero-order valence-electron chi connectivity index (χ0n) is 21.9. The van der Waals surface area contributed by atoms with Crippen LogP contribution < -0.4 is 4.90 Å². The molecule has 198 valence electrons. The molecule has 1 fully saturated rings. The summed E-state index contributed by atoms with van der Waals surface area (Å²) >= 11 is 6.40. The maximum atomic E-state index is 13.6. The number of halogens is 1. The van der Waals surface area contributed by atoms with E-state index in [0.717, 1.165) is 43.7 Å². The van der Waals surface area contributed by atoms with Gasteiger partial charge in [-0.15, -0.1) is 0 Å². The Bertz CT molecular complexity index is 1100. The molecule has 0 N–H and O–H groups in total. The van der Waals surface area contributed by atoms with E-state index in [1.165, 1.54) is 12.5 Å². The summed E-state index contributed by atoms with van der Waals surface area (Å²) in [4.78, 5) is 46.4. The van der Waals surface area contributed by atoms with Gasteiger partial charge in [0, 0.05) is 70.7 Å². The van der Waals surface area contributed by atoms with E-state index >= 15 is 0 Å². The molecule has 0 aromatic heterocycles. The summed E-state index contributed by atoms with van der Waals surface area (Å²) in [6, 6.07) is 16.0. The zero-order chi connectivity index (χ0) is 26.4. The quantitative estimate of drug-likeness (QED) is 0.588. The van der Waals surface area contributed by atoms with E-state index in [0.29, 0.717) is 44.2 Å². The molecule has 0 bridgehead atoms. The first-order valence-corrected chi connectivity index (χ1v) is 13.6. The van der Waals surface area contributed by atoms with Crippen LogP contribution in [0.5, 0.6) is 0 Å². The highest BCUT2D eigenvalue weighted by molar-refractivity contribution is 6.31. The molecule has 7 nitrogen and oxygen atoms in total. The summed E-state index contributed by atoms with van der Waals surface area (Å²) in [5.41, 5.74) is 2.93. The lowest BCUT2D eigenvalue weighted by Gasteiger charge is -2.40. The minimum absolute atomic E-state index is 0.000550. The number of amides is 3. The van der Waals surface area contributed by atoms with Gasteiger partial charge < -0.3 is 14.7 Å². The van der Waals surface area contributed by atoms with Gasteiger partial charge in [-0.1, -0.05) is 54.9 Å². The van der Waals surface area contributed by atoms with Gasteiger partial charge in [-0.05, 0) is 36.1 Å². The normalized spacial score (nSPS) is 17.5. The molecule has 1 saturated heterocycles. The molecule has 37 heavy (non-hydrogen) atoms. The van der Waals surface area contributed by atoms with Crippen molar-refractivity contribution in [1.29, 1.82) is 0 Å². The van der Waals surface area contributed by atoms with Crippen LogP contribution >= 0.6 is 11.6 Å². The van der Waals surface area contributed by atoms with Gasteiger partial charge in [-0.2, -0.15) is 0 Å². The predicted octanol–water partition coefficient (Wildman–Crippen LogP) is 4.19. The van der Waals surface area contributed by atoms with Crippen LogP contribution in [0.1, 0.15) is 44.2 Å². The van der Waals surface area contributed by atoms with Crippen molar-refractivity contribution in [3.05, 3.63) is 64.7 Å². The van der Waals surface area contributed by atoms with Gasteiger partial charge in [0.15, 0.2) is 0 Å². The van der Waals surface area contributed by atoms with Crippen molar-refractivity contribution in [2.75, 3.05) is 44.2 Å². The van der Waals surface area contributed by atoms with Gasteiger partial charge >= 0.3 is 0 Å². The second-order valence-corrected chi connectivity index (χ2v) is 10.5. The summed E-state index contributed by atoms with van der Waals surface area (Å²) in [6.45, 7) is 8.38. The average Bonchev–Trinajstić information content (AvgIpc) is 2.87. The molecule has 2 aliphatic rings. The Morgan fingerprint density at radius 1 is 0.946 bits per heavy atom. The van der Waals surface area contributed by atoms with E-state index in [4.69, 9.17) is 11.6 Å². The number of rotatable bonds is 5. The maximum Gasteiger partial charge on any atom is 0.229 e. The Morgan fingerprint density at radius 2 is 1.70 bits per heavy atom. The van der Waals surface area contributed by atoms with E-state index in [2.05, 4.69) is 17.0 Å². The molecular weight excluding hydrogens is 488 g/mol. The van der Waals surface area contributed by atoms with Crippen molar-refractivity contribution in [3.8, 4) is 0 Å². The van der Waals surface area contributed by atoms with Gasteiger partial charge in [-0.25, -0.2) is 0 Å². The summed E-state index contributed by atoms with van der Waals surface area (Å²) in [6.07, 6.45) is 2.05. The van der Waals surface area contributed by atoms with Crippen LogP contribution in [0.4, 0.5) is 5.69 Å². The number of benzene rings is 2. The number of carbonyl (C=O) groups is 3. The lowest BCUT2D eigenvalue weighted by molar-refractivity contribution is -0.148. The van der Waals surface area contributed by atoms with Crippen molar-refractivity contribution in [1.82, 2.24) is 14.7 Å². The fourth-order valence-corrected chi connectivity index (χ4v) is 5.27. The predicted molar refractivity (Wildman–Crippen MR) is 146 cm³/mol. The van der Waals surface area contributed by atoms with Crippen LogP contribution in [0.3, 0.4) is 0 Å². The van der Waals surface area contributed by atoms with E-state index in [9.17, 15) is 14.4 Å². The molecular formula is C29H37ClN4O3. The summed E-state index contributed by atoms with van der Waals surface area (Å²) in [5.74, 6) is -0.0524. The lowest BCUT2D eigenvalue weighted by Crippen LogP contribution is -2.56. The minimum atomic E-state index is -0.190. The standard InChI is InChI=1S/C29H37ClN4O3/c1-3-8-28(36)34-14-7-13-31(18-23-9-5-4-6-10-23)15-16-32(19-24-11-12-26(30)17-27(24)34)29(37)25-20-33(21-25)22(2)35/h4-6,9-12,17,25H,3,7-8,13-16,18-21H2,1-2H3. The highest BCUT2D eigenvalue weighted by Crippen LogP contribution is 2.29. The Kier molecular flexibility index (Phi) is 9.22. The van der Waals surface area contributed by atoms with E-state index in [-0.39, 0.29) is 23.6 Å². The summed E-state index contributed by atoms with van der Waals surface area (Å²) in [7, 11) is 0. The summed E-state index contributed by atoms with van der Waals surface area (Å²) < 4.78 is 0. The van der Waals surface area contributed by atoms with Gasteiger partial charge in [-0.3, -0.25) is 19.3 Å². The minimum Gasteiger partial charge on any atom is -0.341 e. The van der Waals surface area contributed by atoms with Crippen molar-refractivity contribution < 1.29 is 14.4 Å². The molecule has 0 atom stereocenters. The average molecular weight is 525 g/mol. The van der Waals surface area contributed by atoms with Crippen molar-refractivity contribution >= 4 is 35.0 Å². The lowest BCUT2D eigenvalue weighted by atomic mass is 9.97. The van der Waals surface area contributed by atoms with Crippen LogP contribution in [0.2, 0.25) is 5.02 Å². The van der Waals surface area contributed by atoms with Crippen molar-refractivity contribution in [2.45, 2.75) is 46.2 Å². The fourth-order valence-electron chi connectivity index (χ4n) is 5.10. The molecule has 0 radical (unpaired) electrons. The molecule has 4 rings (SSSR count). The third kappa shape index (κ3) is 6.90.